The molecule has 0 radical (unpaired) electrons. The maximum Gasteiger partial charge on any atom is 0.249 e. The molecular weight excluding hydrogens is 590 g/mol. The number of hydrogen-bond acceptors (Lipinski definition) is 6. The molecule has 1 heterocycles. The fourth-order valence-corrected chi connectivity index (χ4v) is 6.11. The number of rotatable bonds is 15. The molecule has 1 unspecified atom stereocenters. The van der Waals surface area contributed by atoms with E-state index in [4.69, 9.17) is 16.6 Å². The summed E-state index contributed by atoms with van der Waals surface area (Å²) < 4.78 is 34.3. The first-order valence-electron chi connectivity index (χ1n) is 15.4. The predicted molar refractivity (Wildman–Crippen MR) is 172 cm³/mol. The minimum absolute atomic E-state index is 0.00919. The van der Waals surface area contributed by atoms with Crippen LogP contribution in [-0.2, 0) is 22.6 Å². The Hall–Kier alpha value is -4.59. The normalized spacial score (nSPS) is 17.4. The second kappa shape index (κ2) is 15.6. The van der Waals surface area contributed by atoms with Crippen molar-refractivity contribution in [3.8, 4) is 12.3 Å². The number of oxazole rings is 1. The molecule has 46 heavy (non-hydrogen) atoms. The summed E-state index contributed by atoms with van der Waals surface area (Å²) in [7, 11) is 0. The number of allylic oxidation sites excluding steroid dienone is 2. The molecule has 4 rings (SSSR count). The van der Waals surface area contributed by atoms with Crippen LogP contribution in [0.3, 0.4) is 0 Å². The number of nitrogens with zero attached hydrogens (tertiary/aromatic N) is 2. The van der Waals surface area contributed by atoms with Crippen LogP contribution in [0.5, 0.6) is 0 Å². The zero-order valence-corrected chi connectivity index (χ0v) is 26.1. The van der Waals surface area contributed by atoms with Crippen LogP contribution in [0.4, 0.5) is 8.78 Å². The van der Waals surface area contributed by atoms with Gasteiger partial charge < -0.3 is 25.5 Å². The third kappa shape index (κ3) is 8.16. The van der Waals surface area contributed by atoms with Crippen LogP contribution >= 0.6 is 0 Å². The number of carbonyl (C=O) groups excluding carboxylic acids is 2. The number of benzene rings is 2. The van der Waals surface area contributed by atoms with Crippen molar-refractivity contribution in [2.75, 3.05) is 19.6 Å². The fraction of sp³-hybridized carbons (Fsp3) is 0.361. The number of primary amides is 1. The van der Waals surface area contributed by atoms with Gasteiger partial charge in [-0.25, -0.2) is 13.8 Å². The molecule has 0 bridgehead atoms. The molecule has 3 atom stereocenters. The number of hydrogen-bond donors (Lipinski definition) is 3. The summed E-state index contributed by atoms with van der Waals surface area (Å²) in [4.78, 5) is 33.6. The van der Waals surface area contributed by atoms with Crippen LogP contribution in [-0.4, -0.2) is 52.5 Å². The molecule has 0 spiro atoms. The van der Waals surface area contributed by atoms with Gasteiger partial charge in [-0.05, 0) is 67.2 Å². The van der Waals surface area contributed by atoms with Crippen LogP contribution in [0.25, 0.3) is 5.57 Å². The smallest absolute Gasteiger partial charge is 0.249 e. The van der Waals surface area contributed by atoms with E-state index in [0.717, 1.165) is 36.6 Å². The van der Waals surface area contributed by atoms with Gasteiger partial charge in [0.05, 0.1) is 17.7 Å². The number of carbonyl (C=O) groups is 2. The van der Waals surface area contributed by atoms with E-state index in [1.54, 1.807) is 23.1 Å². The molecule has 10 heteroatoms. The predicted octanol–water partition coefficient (Wildman–Crippen LogP) is 4.78. The largest absolute Gasteiger partial charge is 0.445 e. The molecule has 1 aliphatic rings. The van der Waals surface area contributed by atoms with E-state index in [1.165, 1.54) is 12.5 Å². The quantitative estimate of drug-likeness (QED) is 0.208. The SMILES string of the molecule is C#Cc1cccc(CNC[C@H](O)[C@@H](Cc2cc(F)cc(F)c2)C2(C(N)=O)C=C(c3ncco3)C=C(C(=O)N(CCC)CCC)C2)c1. The van der Waals surface area contributed by atoms with Crippen LogP contribution in [0.2, 0.25) is 0 Å². The molecule has 8 nitrogen and oxygen atoms in total. The Kier molecular flexibility index (Phi) is 11.6. The highest BCUT2D eigenvalue weighted by Gasteiger charge is 2.49. The molecule has 3 aromatic rings. The zero-order valence-electron chi connectivity index (χ0n) is 26.1. The van der Waals surface area contributed by atoms with Gasteiger partial charge in [0.1, 0.15) is 17.9 Å². The summed E-state index contributed by atoms with van der Waals surface area (Å²) in [5, 5.41) is 15.0. The summed E-state index contributed by atoms with van der Waals surface area (Å²) in [6.07, 6.45) is 11.5. The highest BCUT2D eigenvalue weighted by atomic mass is 19.1. The van der Waals surface area contributed by atoms with Crippen molar-refractivity contribution in [1.29, 1.82) is 0 Å². The highest BCUT2D eigenvalue weighted by Crippen LogP contribution is 2.46. The average Bonchev–Trinajstić information content (AvgIpc) is 3.58. The van der Waals surface area contributed by atoms with Crippen molar-refractivity contribution in [2.45, 2.75) is 52.2 Å². The molecule has 2 amide bonds. The minimum Gasteiger partial charge on any atom is -0.445 e. The van der Waals surface area contributed by atoms with Gasteiger partial charge in [0.25, 0.3) is 0 Å². The second-order valence-corrected chi connectivity index (χ2v) is 11.6. The van der Waals surface area contributed by atoms with Gasteiger partial charge in [-0.15, -0.1) is 6.42 Å². The van der Waals surface area contributed by atoms with Crippen LogP contribution in [0.1, 0.15) is 55.7 Å². The monoisotopic (exact) mass is 630 g/mol. The number of aromatic nitrogens is 1. The Labute approximate surface area is 268 Å². The van der Waals surface area contributed by atoms with Gasteiger partial charge in [-0.2, -0.15) is 0 Å². The van der Waals surface area contributed by atoms with Crippen molar-refractivity contribution in [1.82, 2.24) is 15.2 Å². The standard InChI is InChI=1S/C36H40F2N4O4/c1-4-11-42(12-5-2)34(44)28-18-27(33-41-10-13-46-33)20-36(21-28,35(39)45)31(17-26-15-29(37)19-30(38)16-26)32(43)23-40-22-25-9-7-8-24(6-3)14-25/h3,7-10,13-16,18-20,31-32,40,43H,4-5,11-12,17,21-23H2,1-2H3,(H2,39,45)/t31-,32+,36?/m1/s1. The van der Waals surface area contributed by atoms with Gasteiger partial charge in [-0.1, -0.05) is 38.0 Å². The van der Waals surface area contributed by atoms with Crippen LogP contribution in [0, 0.1) is 35.3 Å². The number of terminal acetylenes is 1. The lowest BCUT2D eigenvalue weighted by molar-refractivity contribution is -0.132. The van der Waals surface area contributed by atoms with Crippen LogP contribution < -0.4 is 11.1 Å². The first-order chi connectivity index (χ1) is 22.1. The molecule has 2 aromatic carbocycles. The lowest BCUT2D eigenvalue weighted by atomic mass is 9.63. The maximum absolute atomic E-state index is 14.4. The van der Waals surface area contributed by atoms with Crippen molar-refractivity contribution in [2.24, 2.45) is 17.1 Å². The number of aliphatic hydroxyl groups is 1. The zero-order chi connectivity index (χ0) is 33.3. The first kappa shape index (κ1) is 34.3. The first-order valence-corrected chi connectivity index (χ1v) is 15.4. The van der Waals surface area contributed by atoms with Gasteiger partial charge in [0.2, 0.25) is 17.7 Å². The van der Waals surface area contributed by atoms with Crippen molar-refractivity contribution < 1.29 is 27.9 Å². The van der Waals surface area contributed by atoms with Crippen LogP contribution in [0.15, 0.2) is 77.1 Å². The molecule has 242 valence electrons. The Morgan fingerprint density at radius 1 is 1.15 bits per heavy atom. The Morgan fingerprint density at radius 2 is 1.87 bits per heavy atom. The average molecular weight is 631 g/mol. The summed E-state index contributed by atoms with van der Waals surface area (Å²) in [5.74, 6) is -0.960. The van der Waals surface area contributed by atoms with Crippen molar-refractivity contribution in [3.05, 3.63) is 107 Å². The Balaban J connectivity index is 1.78. The maximum atomic E-state index is 14.4. The second-order valence-electron chi connectivity index (χ2n) is 11.6. The molecular formula is C36H40F2N4O4. The van der Waals surface area contributed by atoms with E-state index < -0.39 is 35.0 Å². The summed E-state index contributed by atoms with van der Waals surface area (Å²) in [6.45, 7) is 5.29. The van der Waals surface area contributed by atoms with E-state index in [2.05, 4.69) is 16.2 Å². The number of halogens is 2. The summed E-state index contributed by atoms with van der Waals surface area (Å²) >= 11 is 0. The van der Waals surface area contributed by atoms with Crippen molar-refractivity contribution in [3.63, 3.8) is 0 Å². The number of nitrogens with one attached hydrogen (secondary N) is 1. The van der Waals surface area contributed by atoms with E-state index in [1.807, 2.05) is 32.0 Å². The number of amides is 2. The molecule has 0 saturated carbocycles. The Morgan fingerprint density at radius 3 is 2.48 bits per heavy atom. The van der Waals surface area contributed by atoms with E-state index in [9.17, 15) is 23.5 Å². The molecule has 4 N–H and O–H groups in total. The van der Waals surface area contributed by atoms with Gasteiger partial charge >= 0.3 is 0 Å². The van der Waals surface area contributed by atoms with E-state index in [-0.39, 0.29) is 42.3 Å². The van der Waals surface area contributed by atoms with Gasteiger partial charge in [0, 0.05) is 54.9 Å². The lowest BCUT2D eigenvalue weighted by Gasteiger charge is -2.42. The third-order valence-electron chi connectivity index (χ3n) is 8.19. The number of aliphatic hydroxyl groups excluding tert-OH is 1. The lowest BCUT2D eigenvalue weighted by Crippen LogP contribution is -2.51. The molecule has 1 aromatic heterocycles. The minimum atomic E-state index is -1.67. The Bertz CT molecular complexity index is 1600. The van der Waals surface area contributed by atoms with Crippen molar-refractivity contribution >= 4 is 17.4 Å². The summed E-state index contributed by atoms with van der Waals surface area (Å²) in [6, 6.07) is 10.4. The van der Waals surface area contributed by atoms with E-state index in [0.29, 0.717) is 30.8 Å². The third-order valence-corrected chi connectivity index (χ3v) is 8.19. The topological polar surface area (TPSA) is 122 Å². The fourth-order valence-electron chi connectivity index (χ4n) is 6.11. The molecule has 1 aliphatic carbocycles. The molecule has 0 saturated heterocycles. The molecule has 0 fully saturated rings. The number of nitrogens with two attached hydrogens (primary N) is 1. The highest BCUT2D eigenvalue weighted by molar-refractivity contribution is 6.00. The van der Waals surface area contributed by atoms with Gasteiger partial charge in [0.15, 0.2) is 0 Å². The molecule has 0 aliphatic heterocycles. The summed E-state index contributed by atoms with van der Waals surface area (Å²) in [5.41, 5.74) is 6.96. The van der Waals surface area contributed by atoms with E-state index >= 15 is 0 Å². The van der Waals surface area contributed by atoms with Gasteiger partial charge in [-0.3, -0.25) is 9.59 Å².